The molecule has 0 heterocycles. The molecular weight excluding hydrogens is 254 g/mol. The summed E-state index contributed by atoms with van der Waals surface area (Å²) in [4.78, 5) is 4.68. The Hall–Kier alpha value is -0.200. The zero-order valence-electron chi connectivity index (χ0n) is 14.5. The first kappa shape index (κ1) is 19.8. The van der Waals surface area contributed by atoms with E-state index < -0.39 is 0 Å². The third-order valence-electron chi connectivity index (χ3n) is 3.74. The second-order valence-electron chi connectivity index (χ2n) is 6.45. The Balaban J connectivity index is 4.91. The number of nitrogens with zero attached hydrogens (tertiary/aromatic N) is 2. The second kappa shape index (κ2) is 9.68. The van der Waals surface area contributed by atoms with Crippen molar-refractivity contribution in [3.63, 3.8) is 0 Å². The van der Waals surface area contributed by atoms with Gasteiger partial charge in [-0.15, -0.1) is 0 Å². The van der Waals surface area contributed by atoms with Gasteiger partial charge in [0, 0.05) is 52.4 Å². The molecule has 0 aliphatic carbocycles. The Morgan fingerprint density at radius 2 is 1.65 bits per heavy atom. The van der Waals surface area contributed by atoms with Gasteiger partial charge in [0.2, 0.25) is 0 Å². The van der Waals surface area contributed by atoms with E-state index in [1.165, 1.54) is 0 Å². The van der Waals surface area contributed by atoms with Gasteiger partial charge in [-0.2, -0.15) is 0 Å². The molecule has 0 spiro atoms. The smallest absolute Gasteiger partial charge is 0.158 e. The maximum atomic E-state index is 6.08. The largest absolute Gasteiger partial charge is 0.356 e. The van der Waals surface area contributed by atoms with Crippen LogP contribution in [0.1, 0.15) is 27.2 Å². The third-order valence-corrected chi connectivity index (χ3v) is 3.74. The number of rotatable bonds is 11. The van der Waals surface area contributed by atoms with Crippen molar-refractivity contribution in [3.8, 4) is 0 Å². The Labute approximate surface area is 125 Å². The highest BCUT2D eigenvalue weighted by molar-refractivity contribution is 4.89. The van der Waals surface area contributed by atoms with E-state index in [0.29, 0.717) is 12.5 Å². The highest BCUT2D eigenvalue weighted by Crippen LogP contribution is 2.23. The lowest BCUT2D eigenvalue weighted by molar-refractivity contribution is -0.129. The number of ether oxygens (including phenoxy) is 2. The summed E-state index contributed by atoms with van der Waals surface area (Å²) in [6, 6.07) is 0. The van der Waals surface area contributed by atoms with E-state index in [0.717, 1.165) is 26.1 Å². The first-order valence-corrected chi connectivity index (χ1v) is 7.44. The molecule has 0 saturated carbocycles. The van der Waals surface area contributed by atoms with E-state index in [9.17, 15) is 0 Å². The lowest BCUT2D eigenvalue weighted by atomic mass is 9.93. The van der Waals surface area contributed by atoms with Crippen LogP contribution in [0.5, 0.6) is 0 Å². The molecule has 122 valence electrons. The summed E-state index contributed by atoms with van der Waals surface area (Å²) in [6.07, 6.45) is 0.564. The van der Waals surface area contributed by atoms with Crippen LogP contribution in [-0.2, 0) is 9.47 Å². The van der Waals surface area contributed by atoms with Gasteiger partial charge in [-0.25, -0.2) is 0 Å². The Morgan fingerprint density at radius 1 is 1.10 bits per heavy atom. The van der Waals surface area contributed by atoms with Gasteiger partial charge in [-0.05, 0) is 26.9 Å². The minimum Gasteiger partial charge on any atom is -0.356 e. The first-order chi connectivity index (χ1) is 9.28. The van der Waals surface area contributed by atoms with Gasteiger partial charge in [0.1, 0.15) is 0 Å². The molecule has 20 heavy (non-hydrogen) atoms. The van der Waals surface area contributed by atoms with Crippen molar-refractivity contribution in [2.75, 3.05) is 54.5 Å². The molecule has 2 N–H and O–H groups in total. The molecule has 0 bridgehead atoms. The molecule has 5 heteroatoms. The van der Waals surface area contributed by atoms with Crippen molar-refractivity contribution < 1.29 is 9.47 Å². The number of methoxy groups -OCH3 is 2. The van der Waals surface area contributed by atoms with Gasteiger partial charge in [-0.3, -0.25) is 4.90 Å². The number of hydrogen-bond donors (Lipinski definition) is 1. The van der Waals surface area contributed by atoms with Crippen molar-refractivity contribution in [2.45, 2.75) is 39.0 Å². The Kier molecular flexibility index (Phi) is 9.59. The number of hydrogen-bond acceptors (Lipinski definition) is 5. The van der Waals surface area contributed by atoms with E-state index in [2.05, 4.69) is 44.7 Å². The molecular formula is C15H35N3O2. The highest BCUT2D eigenvalue weighted by Gasteiger charge is 2.33. The summed E-state index contributed by atoms with van der Waals surface area (Å²) in [7, 11) is 7.55. The molecule has 0 aromatic carbocycles. The predicted molar refractivity (Wildman–Crippen MR) is 84.8 cm³/mol. The van der Waals surface area contributed by atoms with Gasteiger partial charge >= 0.3 is 0 Å². The van der Waals surface area contributed by atoms with E-state index in [1.54, 1.807) is 14.2 Å². The van der Waals surface area contributed by atoms with Gasteiger partial charge < -0.3 is 20.1 Å². The van der Waals surface area contributed by atoms with E-state index in [1.807, 2.05) is 0 Å². The van der Waals surface area contributed by atoms with Crippen LogP contribution in [0, 0.1) is 5.92 Å². The van der Waals surface area contributed by atoms with Crippen LogP contribution in [0.25, 0.3) is 0 Å². The SMILES string of the molecule is COC(CC(C)(CN)N(CCN(C)C)CC(C)C)OC. The maximum Gasteiger partial charge on any atom is 0.158 e. The summed E-state index contributed by atoms with van der Waals surface area (Å²) >= 11 is 0. The van der Waals surface area contributed by atoms with Crippen molar-refractivity contribution in [1.29, 1.82) is 0 Å². The third kappa shape index (κ3) is 6.99. The molecule has 0 aromatic rings. The maximum absolute atomic E-state index is 6.08. The van der Waals surface area contributed by atoms with Gasteiger partial charge in [0.15, 0.2) is 6.29 Å². The van der Waals surface area contributed by atoms with Crippen LogP contribution in [0.2, 0.25) is 0 Å². The molecule has 0 saturated heterocycles. The van der Waals surface area contributed by atoms with E-state index >= 15 is 0 Å². The topological polar surface area (TPSA) is 51.0 Å². The van der Waals surface area contributed by atoms with Crippen LogP contribution in [0.4, 0.5) is 0 Å². The number of nitrogens with two attached hydrogens (primary N) is 1. The lowest BCUT2D eigenvalue weighted by Gasteiger charge is -2.43. The minimum absolute atomic E-state index is 0.114. The Bertz CT molecular complexity index is 245. The second-order valence-corrected chi connectivity index (χ2v) is 6.45. The fraction of sp³-hybridized carbons (Fsp3) is 1.00. The highest BCUT2D eigenvalue weighted by atomic mass is 16.7. The minimum atomic E-state index is -0.211. The molecule has 0 amide bonds. The van der Waals surface area contributed by atoms with Crippen LogP contribution in [0.3, 0.4) is 0 Å². The molecule has 0 aliphatic heterocycles. The van der Waals surface area contributed by atoms with Crippen molar-refractivity contribution in [2.24, 2.45) is 11.7 Å². The zero-order chi connectivity index (χ0) is 15.8. The summed E-state index contributed by atoms with van der Waals surface area (Å²) < 4.78 is 10.7. The molecule has 1 unspecified atom stereocenters. The fourth-order valence-corrected chi connectivity index (χ4v) is 2.31. The van der Waals surface area contributed by atoms with Gasteiger partial charge in [0.25, 0.3) is 0 Å². The lowest BCUT2D eigenvalue weighted by Crippen LogP contribution is -2.56. The summed E-state index contributed by atoms with van der Waals surface area (Å²) in [5, 5.41) is 0. The van der Waals surface area contributed by atoms with Crippen LogP contribution in [-0.4, -0.2) is 76.1 Å². The van der Waals surface area contributed by atoms with Gasteiger partial charge in [-0.1, -0.05) is 13.8 Å². The van der Waals surface area contributed by atoms with Crippen molar-refractivity contribution >= 4 is 0 Å². The monoisotopic (exact) mass is 289 g/mol. The average molecular weight is 289 g/mol. The molecule has 0 aliphatic rings. The molecule has 0 aromatic heterocycles. The van der Waals surface area contributed by atoms with Gasteiger partial charge in [0.05, 0.1) is 0 Å². The van der Waals surface area contributed by atoms with E-state index in [-0.39, 0.29) is 11.8 Å². The average Bonchev–Trinajstić information content (AvgIpc) is 2.39. The quantitative estimate of drug-likeness (QED) is 0.580. The fourth-order valence-electron chi connectivity index (χ4n) is 2.31. The Morgan fingerprint density at radius 3 is 2.00 bits per heavy atom. The summed E-state index contributed by atoms with van der Waals surface area (Å²) in [5.41, 5.74) is 5.97. The van der Waals surface area contributed by atoms with Crippen molar-refractivity contribution in [3.05, 3.63) is 0 Å². The normalized spacial score (nSPS) is 15.6. The standard InChI is InChI=1S/C15H35N3O2/c1-13(2)11-18(9-8-17(4)5)15(3,12-16)10-14(19-6)20-7/h13-14H,8-12,16H2,1-7H3. The molecule has 0 rings (SSSR count). The van der Waals surface area contributed by atoms with Crippen LogP contribution >= 0.6 is 0 Å². The molecule has 0 fully saturated rings. The predicted octanol–water partition coefficient (Wildman–Crippen LogP) is 1.23. The summed E-state index contributed by atoms with van der Waals surface area (Å²) in [5.74, 6) is 0.603. The molecule has 5 nitrogen and oxygen atoms in total. The van der Waals surface area contributed by atoms with Crippen LogP contribution in [0.15, 0.2) is 0 Å². The van der Waals surface area contributed by atoms with Crippen LogP contribution < -0.4 is 5.73 Å². The zero-order valence-corrected chi connectivity index (χ0v) is 14.5. The van der Waals surface area contributed by atoms with E-state index in [4.69, 9.17) is 15.2 Å². The van der Waals surface area contributed by atoms with Crippen molar-refractivity contribution in [1.82, 2.24) is 9.80 Å². The molecule has 0 radical (unpaired) electrons. The molecule has 1 atom stereocenters. The first-order valence-electron chi connectivity index (χ1n) is 7.44. The summed E-state index contributed by atoms with van der Waals surface area (Å²) in [6.45, 7) is 10.3. The number of likely N-dealkylation sites (N-methyl/N-ethyl adjacent to an activating group) is 1.